The van der Waals surface area contributed by atoms with Gasteiger partial charge in [-0.25, -0.2) is 9.97 Å². The fraction of sp³-hybridized carbons (Fsp3) is 0.333. The molecular weight excluding hydrogens is 372 g/mol. The third-order valence-electron chi connectivity index (χ3n) is 5.12. The van der Waals surface area contributed by atoms with Crippen LogP contribution in [-0.4, -0.2) is 58.9 Å². The van der Waals surface area contributed by atoms with Gasteiger partial charge in [0, 0.05) is 32.2 Å². The topological polar surface area (TPSA) is 52.4 Å². The molecule has 1 aliphatic heterocycles. The van der Waals surface area contributed by atoms with Crippen LogP contribution in [0.2, 0.25) is 0 Å². The molecule has 0 saturated carbocycles. The van der Waals surface area contributed by atoms with E-state index in [1.54, 1.807) is 11.3 Å². The number of thiazole rings is 1. The first-order valence-corrected chi connectivity index (χ1v) is 10.4. The predicted molar refractivity (Wildman–Crippen MR) is 111 cm³/mol. The molecule has 2 aromatic heterocycles. The monoisotopic (exact) mass is 394 g/mol. The summed E-state index contributed by atoms with van der Waals surface area (Å²) in [5.74, 6) is 0.872. The van der Waals surface area contributed by atoms with Gasteiger partial charge in [-0.2, -0.15) is 0 Å². The number of hydrogen-bond donors (Lipinski definition) is 0. The van der Waals surface area contributed by atoms with E-state index in [1.807, 2.05) is 24.0 Å². The molecule has 144 valence electrons. The Morgan fingerprint density at radius 1 is 1.04 bits per heavy atom. The lowest BCUT2D eigenvalue weighted by Crippen LogP contribution is -2.38. The summed E-state index contributed by atoms with van der Waals surface area (Å²) in [6.45, 7) is 6.01. The van der Waals surface area contributed by atoms with Crippen LogP contribution in [0.1, 0.15) is 5.56 Å². The van der Waals surface area contributed by atoms with Crippen molar-refractivity contribution in [1.82, 2.24) is 19.4 Å². The van der Waals surface area contributed by atoms with Gasteiger partial charge >= 0.3 is 0 Å². The van der Waals surface area contributed by atoms with Crippen molar-refractivity contribution in [2.45, 2.75) is 6.54 Å². The van der Waals surface area contributed by atoms with Gasteiger partial charge in [-0.05, 0) is 29.8 Å². The molecule has 6 nitrogen and oxygen atoms in total. The van der Waals surface area contributed by atoms with Crippen LogP contribution >= 0.6 is 11.3 Å². The zero-order valence-corrected chi connectivity index (χ0v) is 16.4. The van der Waals surface area contributed by atoms with E-state index in [0.717, 1.165) is 61.7 Å². The Labute approximate surface area is 167 Å². The highest BCUT2D eigenvalue weighted by atomic mass is 32.1. The first kappa shape index (κ1) is 17.6. The Morgan fingerprint density at radius 3 is 2.89 bits per heavy atom. The summed E-state index contributed by atoms with van der Waals surface area (Å²) in [6, 6.07) is 12.6. The minimum atomic E-state index is 0.682. The maximum Gasteiger partial charge on any atom is 0.121 e. The Bertz CT molecular complexity index is 1080. The number of morpholine rings is 1. The second-order valence-electron chi connectivity index (χ2n) is 6.98. The van der Waals surface area contributed by atoms with Crippen molar-refractivity contribution < 1.29 is 9.47 Å². The van der Waals surface area contributed by atoms with Crippen LogP contribution in [0.4, 0.5) is 0 Å². The number of benzene rings is 2. The van der Waals surface area contributed by atoms with E-state index in [2.05, 4.69) is 43.7 Å². The van der Waals surface area contributed by atoms with E-state index >= 15 is 0 Å². The van der Waals surface area contributed by atoms with Gasteiger partial charge in [0.2, 0.25) is 0 Å². The Kier molecular flexibility index (Phi) is 4.95. The summed E-state index contributed by atoms with van der Waals surface area (Å²) in [6.07, 6.45) is 1.90. The zero-order valence-electron chi connectivity index (χ0n) is 15.6. The largest absolute Gasteiger partial charge is 0.492 e. The molecule has 4 aromatic rings. The maximum absolute atomic E-state index is 5.95. The number of ether oxygens (including phenoxy) is 2. The molecule has 28 heavy (non-hydrogen) atoms. The van der Waals surface area contributed by atoms with Gasteiger partial charge in [-0.3, -0.25) is 4.90 Å². The normalized spacial score (nSPS) is 15.4. The van der Waals surface area contributed by atoms with Crippen molar-refractivity contribution in [3.63, 3.8) is 0 Å². The van der Waals surface area contributed by atoms with Crippen LogP contribution in [0.25, 0.3) is 21.3 Å². The lowest BCUT2D eigenvalue weighted by Gasteiger charge is -2.26. The lowest BCUT2D eigenvalue weighted by atomic mass is 10.2. The van der Waals surface area contributed by atoms with E-state index in [1.165, 1.54) is 10.3 Å². The first-order valence-electron chi connectivity index (χ1n) is 9.55. The van der Waals surface area contributed by atoms with Gasteiger partial charge in [-0.1, -0.05) is 6.07 Å². The zero-order chi connectivity index (χ0) is 18.8. The van der Waals surface area contributed by atoms with E-state index in [-0.39, 0.29) is 0 Å². The van der Waals surface area contributed by atoms with Crippen LogP contribution < -0.4 is 4.74 Å². The molecule has 1 saturated heterocycles. The average Bonchev–Trinajstić information content (AvgIpc) is 3.35. The molecule has 3 heterocycles. The Balaban J connectivity index is 1.26. The summed E-state index contributed by atoms with van der Waals surface area (Å²) in [5.41, 5.74) is 6.28. The van der Waals surface area contributed by atoms with Crippen LogP contribution in [0.5, 0.6) is 5.75 Å². The minimum absolute atomic E-state index is 0.682. The van der Waals surface area contributed by atoms with Gasteiger partial charge < -0.3 is 14.0 Å². The number of fused-ring (bicyclic) bond motifs is 2. The number of rotatable bonds is 6. The molecule has 0 N–H and O–H groups in total. The van der Waals surface area contributed by atoms with Gasteiger partial charge in [0.15, 0.2) is 0 Å². The molecule has 0 amide bonds. The molecule has 5 rings (SSSR count). The Hall–Kier alpha value is -2.48. The molecule has 7 heteroatoms. The minimum Gasteiger partial charge on any atom is -0.492 e. The standard InChI is InChI=1S/C21H22N4O2S/c1-3-18-21(28-15-23-18)11-16(1)13-25-14-22-19-12-17(2-4-20(19)25)27-10-7-24-5-8-26-9-6-24/h1-4,11-12,14-15H,5-10,13H2. The Morgan fingerprint density at radius 2 is 1.96 bits per heavy atom. The second kappa shape index (κ2) is 7.87. The predicted octanol–water partition coefficient (Wildman–Crippen LogP) is 3.41. The highest BCUT2D eigenvalue weighted by Crippen LogP contribution is 2.23. The van der Waals surface area contributed by atoms with Crippen molar-refractivity contribution in [3.05, 3.63) is 53.8 Å². The molecular formula is C21H22N4O2S. The van der Waals surface area contributed by atoms with Gasteiger partial charge in [0.1, 0.15) is 12.4 Å². The number of nitrogens with zero attached hydrogens (tertiary/aromatic N) is 4. The van der Waals surface area contributed by atoms with Crippen LogP contribution in [-0.2, 0) is 11.3 Å². The summed E-state index contributed by atoms with van der Waals surface area (Å²) in [4.78, 5) is 11.3. The molecule has 2 aromatic carbocycles. The van der Waals surface area contributed by atoms with Gasteiger partial charge in [-0.15, -0.1) is 11.3 Å². The smallest absolute Gasteiger partial charge is 0.121 e. The van der Waals surface area contributed by atoms with Gasteiger partial charge in [0.25, 0.3) is 0 Å². The quantitative estimate of drug-likeness (QED) is 0.502. The SMILES string of the molecule is c1nc2ccc(Cn3cnc4cc(OCCN5CCOCC5)ccc43)cc2s1. The third-order valence-corrected chi connectivity index (χ3v) is 5.91. The molecule has 1 fully saturated rings. The lowest BCUT2D eigenvalue weighted by molar-refractivity contribution is 0.0322. The molecule has 0 atom stereocenters. The fourth-order valence-corrected chi connectivity index (χ4v) is 4.31. The molecule has 1 aliphatic rings. The second-order valence-corrected chi connectivity index (χ2v) is 7.87. The van der Waals surface area contributed by atoms with E-state index in [0.29, 0.717) is 6.61 Å². The highest BCUT2D eigenvalue weighted by molar-refractivity contribution is 7.16. The van der Waals surface area contributed by atoms with Crippen LogP contribution in [0.3, 0.4) is 0 Å². The molecule has 0 unspecified atom stereocenters. The molecule has 0 aliphatic carbocycles. The van der Waals surface area contributed by atoms with Crippen LogP contribution in [0.15, 0.2) is 48.2 Å². The highest BCUT2D eigenvalue weighted by Gasteiger charge is 2.10. The van der Waals surface area contributed by atoms with Crippen LogP contribution in [0, 0.1) is 0 Å². The van der Waals surface area contributed by atoms with Gasteiger partial charge in [0.05, 0.1) is 46.3 Å². The number of imidazole rings is 1. The van der Waals surface area contributed by atoms with E-state index < -0.39 is 0 Å². The first-order chi connectivity index (χ1) is 13.8. The third kappa shape index (κ3) is 3.73. The van der Waals surface area contributed by atoms with E-state index in [4.69, 9.17) is 9.47 Å². The van der Waals surface area contributed by atoms with Crippen molar-refractivity contribution in [2.24, 2.45) is 0 Å². The van der Waals surface area contributed by atoms with Crippen molar-refractivity contribution in [1.29, 1.82) is 0 Å². The maximum atomic E-state index is 5.95. The number of hydrogen-bond acceptors (Lipinski definition) is 6. The van der Waals surface area contributed by atoms with Crippen molar-refractivity contribution >= 4 is 32.6 Å². The average molecular weight is 395 g/mol. The fourth-order valence-electron chi connectivity index (χ4n) is 3.57. The summed E-state index contributed by atoms with van der Waals surface area (Å²) in [5, 5.41) is 0. The summed E-state index contributed by atoms with van der Waals surface area (Å²) >= 11 is 1.67. The molecule has 0 bridgehead atoms. The van der Waals surface area contributed by atoms with Crippen molar-refractivity contribution in [3.8, 4) is 5.75 Å². The molecule has 0 radical (unpaired) electrons. The summed E-state index contributed by atoms with van der Waals surface area (Å²) < 4.78 is 14.7. The summed E-state index contributed by atoms with van der Waals surface area (Å²) in [7, 11) is 0. The van der Waals surface area contributed by atoms with Crippen molar-refractivity contribution in [2.75, 3.05) is 39.5 Å². The molecule has 0 spiro atoms. The number of aromatic nitrogens is 3. The van der Waals surface area contributed by atoms with E-state index in [9.17, 15) is 0 Å².